The van der Waals surface area contributed by atoms with Crippen LogP contribution in [-0.4, -0.2) is 42.1 Å². The number of fused-ring (bicyclic) bond motifs is 3. The van der Waals surface area contributed by atoms with E-state index in [2.05, 4.69) is 9.71 Å². The molecule has 2 aliphatic heterocycles. The van der Waals surface area contributed by atoms with E-state index < -0.39 is 15.7 Å². The SMILES string of the molecule is CCOC(=O)CCSc1sc2c(n3c(=O)nc(NS(=O)(=O)c4ccc(C)cc4)c1-3)CC(C)(C)CC2=O. The second kappa shape index (κ2) is 9.98. The van der Waals surface area contributed by atoms with E-state index in [0.29, 0.717) is 39.1 Å². The lowest BCUT2D eigenvalue weighted by atomic mass is 9.78. The van der Waals surface area contributed by atoms with Gasteiger partial charge < -0.3 is 4.74 Å². The molecule has 0 saturated carbocycles. The zero-order valence-corrected chi connectivity index (χ0v) is 22.9. The molecule has 3 aliphatic rings. The molecule has 0 radical (unpaired) electrons. The molecule has 36 heavy (non-hydrogen) atoms. The predicted molar refractivity (Wildman–Crippen MR) is 139 cm³/mol. The molecule has 1 N–H and O–H groups in total. The van der Waals surface area contributed by atoms with Crippen LogP contribution in [-0.2, 0) is 26.0 Å². The van der Waals surface area contributed by atoms with E-state index in [1.807, 2.05) is 20.8 Å². The van der Waals surface area contributed by atoms with E-state index in [0.717, 1.165) is 5.56 Å². The van der Waals surface area contributed by atoms with Crippen molar-refractivity contribution in [2.45, 2.75) is 56.1 Å². The van der Waals surface area contributed by atoms with Gasteiger partial charge in [0.05, 0.1) is 27.0 Å². The van der Waals surface area contributed by atoms with Crippen LogP contribution in [0, 0.1) is 12.3 Å². The molecule has 2 heterocycles. The molecule has 0 bridgehead atoms. The van der Waals surface area contributed by atoms with Gasteiger partial charge in [0.1, 0.15) is 5.69 Å². The summed E-state index contributed by atoms with van der Waals surface area (Å²) in [6.45, 7) is 7.75. The van der Waals surface area contributed by atoms with Gasteiger partial charge in [-0.2, -0.15) is 4.98 Å². The van der Waals surface area contributed by atoms with Crippen molar-refractivity contribution in [3.8, 4) is 5.69 Å². The monoisotopic (exact) mass is 549 g/mol. The van der Waals surface area contributed by atoms with Gasteiger partial charge in [-0.1, -0.05) is 31.5 Å². The van der Waals surface area contributed by atoms with E-state index in [9.17, 15) is 22.8 Å². The van der Waals surface area contributed by atoms with Gasteiger partial charge >= 0.3 is 11.7 Å². The third kappa shape index (κ3) is 5.35. The number of Topliss-reactive ketones (excluding diaryl/α,β-unsaturated/α-hetero) is 1. The van der Waals surface area contributed by atoms with Gasteiger partial charge in [0.15, 0.2) is 11.6 Å². The fourth-order valence-electron chi connectivity index (χ4n) is 4.08. The number of anilines is 1. The second-order valence-corrected chi connectivity index (χ2v) is 13.4. The number of rotatable bonds is 8. The van der Waals surface area contributed by atoms with E-state index >= 15 is 0 Å². The summed E-state index contributed by atoms with van der Waals surface area (Å²) in [7, 11) is -4.03. The Balaban J connectivity index is 1.81. The van der Waals surface area contributed by atoms with Crippen LogP contribution in [0.1, 0.15) is 54.5 Å². The Hall–Kier alpha value is -2.70. The molecule has 1 aromatic carbocycles. The minimum Gasteiger partial charge on any atom is -0.466 e. The maximum atomic E-state index is 13.1. The van der Waals surface area contributed by atoms with Crippen LogP contribution in [0.15, 0.2) is 38.2 Å². The van der Waals surface area contributed by atoms with Crippen molar-refractivity contribution in [1.82, 2.24) is 9.55 Å². The maximum Gasteiger partial charge on any atom is 0.354 e. The van der Waals surface area contributed by atoms with E-state index in [1.165, 1.54) is 39.8 Å². The molecule has 0 saturated heterocycles. The summed E-state index contributed by atoms with van der Waals surface area (Å²) in [4.78, 5) is 42.5. The van der Waals surface area contributed by atoms with Crippen molar-refractivity contribution in [2.24, 2.45) is 5.41 Å². The van der Waals surface area contributed by atoms with Gasteiger partial charge in [-0.3, -0.25) is 18.9 Å². The molecular formula is C24H27N3O6S3. The zero-order valence-electron chi connectivity index (χ0n) is 20.4. The van der Waals surface area contributed by atoms with Crippen LogP contribution < -0.4 is 10.4 Å². The Labute approximate surface area is 217 Å². The number of carbonyl (C=O) groups excluding carboxylic acids is 2. The summed E-state index contributed by atoms with van der Waals surface area (Å²) in [6.07, 6.45) is 0.924. The molecular weight excluding hydrogens is 522 g/mol. The van der Waals surface area contributed by atoms with Crippen molar-refractivity contribution in [3.05, 3.63) is 50.9 Å². The smallest absolute Gasteiger partial charge is 0.354 e. The highest BCUT2D eigenvalue weighted by Gasteiger charge is 2.37. The highest BCUT2D eigenvalue weighted by molar-refractivity contribution is 8.01. The number of carbonyl (C=O) groups is 2. The predicted octanol–water partition coefficient (Wildman–Crippen LogP) is 4.04. The van der Waals surface area contributed by atoms with Crippen molar-refractivity contribution < 1.29 is 22.7 Å². The van der Waals surface area contributed by atoms with Crippen molar-refractivity contribution >= 4 is 50.7 Å². The summed E-state index contributed by atoms with van der Waals surface area (Å²) in [5.74, 6) is -0.211. The second-order valence-electron chi connectivity index (χ2n) is 9.36. The molecule has 1 aliphatic carbocycles. The number of aryl methyl sites for hydroxylation is 1. The average molecular weight is 550 g/mol. The Morgan fingerprint density at radius 1 is 1.22 bits per heavy atom. The number of ether oxygens (including phenoxy) is 1. The summed E-state index contributed by atoms with van der Waals surface area (Å²) in [6, 6.07) is 6.33. The molecule has 9 nitrogen and oxygen atoms in total. The van der Waals surface area contributed by atoms with Crippen molar-refractivity contribution in [1.29, 1.82) is 0 Å². The van der Waals surface area contributed by atoms with Gasteiger partial charge in [0.2, 0.25) is 0 Å². The average Bonchev–Trinajstić information content (AvgIpc) is 3.10. The van der Waals surface area contributed by atoms with Gasteiger partial charge in [0, 0.05) is 17.9 Å². The third-order valence-corrected chi connectivity index (χ3v) is 9.58. The summed E-state index contributed by atoms with van der Waals surface area (Å²) < 4.78 is 35.6. The standard InChI is InChI=1S/C24H27N3O6S3/c1-5-33-18(29)10-11-34-22-19-21(26-36(31,32)15-8-6-14(2)7-9-15)25-23(30)27(19)16-12-24(3,4)13-17(28)20(16)35-22/h6-9H,5,10-13H2,1-4H3,(H,25,26,30). The minimum atomic E-state index is -4.03. The Morgan fingerprint density at radius 3 is 2.58 bits per heavy atom. The first-order valence-electron chi connectivity index (χ1n) is 11.4. The molecule has 0 atom stereocenters. The fraction of sp³-hybridized carbons (Fsp3) is 0.417. The molecule has 4 rings (SSSR count). The highest BCUT2D eigenvalue weighted by atomic mass is 32.2. The summed E-state index contributed by atoms with van der Waals surface area (Å²) in [5.41, 5.74) is 0.710. The molecule has 12 heteroatoms. The van der Waals surface area contributed by atoms with E-state index in [4.69, 9.17) is 4.74 Å². The number of sulfonamides is 1. The first kappa shape index (κ1) is 26.4. The molecule has 0 unspecified atom stereocenters. The number of nitrogens with one attached hydrogen (secondary N) is 1. The first-order chi connectivity index (χ1) is 16.9. The number of thioether (sulfide) groups is 1. The lowest BCUT2D eigenvalue weighted by Gasteiger charge is -2.31. The van der Waals surface area contributed by atoms with Crippen LogP contribution in [0.5, 0.6) is 0 Å². The largest absolute Gasteiger partial charge is 0.466 e. The number of esters is 1. The fourth-order valence-corrected chi connectivity index (χ4v) is 7.54. The maximum absolute atomic E-state index is 13.1. The normalized spacial score (nSPS) is 15.1. The number of hydrogen-bond acceptors (Lipinski definition) is 9. The summed E-state index contributed by atoms with van der Waals surface area (Å²) in [5, 5.41) is 0. The number of ketones is 1. The summed E-state index contributed by atoms with van der Waals surface area (Å²) >= 11 is 2.47. The number of aromatic nitrogens is 2. The molecule has 0 amide bonds. The molecule has 0 aromatic heterocycles. The van der Waals surface area contributed by atoms with Crippen molar-refractivity contribution in [2.75, 3.05) is 17.1 Å². The van der Waals surface area contributed by atoms with E-state index in [1.54, 1.807) is 19.1 Å². The van der Waals surface area contributed by atoms with Crippen LogP contribution in [0.3, 0.4) is 0 Å². The van der Waals surface area contributed by atoms with Gasteiger partial charge in [-0.15, -0.1) is 23.1 Å². The Kier molecular flexibility index (Phi) is 7.31. The van der Waals surface area contributed by atoms with Gasteiger partial charge in [-0.05, 0) is 37.8 Å². The third-order valence-electron chi connectivity index (χ3n) is 5.71. The Morgan fingerprint density at radius 2 is 1.92 bits per heavy atom. The molecule has 192 valence electrons. The minimum absolute atomic E-state index is 0.0381. The lowest BCUT2D eigenvalue weighted by Crippen LogP contribution is -2.32. The number of benzene rings is 1. The molecule has 0 spiro atoms. The topological polar surface area (TPSA) is 124 Å². The zero-order chi connectivity index (χ0) is 26.3. The van der Waals surface area contributed by atoms with Crippen LogP contribution in [0.2, 0.25) is 0 Å². The highest BCUT2D eigenvalue weighted by Crippen LogP contribution is 2.44. The van der Waals surface area contributed by atoms with Crippen LogP contribution >= 0.6 is 23.1 Å². The lowest BCUT2D eigenvalue weighted by molar-refractivity contribution is -0.142. The van der Waals surface area contributed by atoms with Gasteiger partial charge in [0.25, 0.3) is 10.0 Å². The van der Waals surface area contributed by atoms with E-state index in [-0.39, 0.29) is 40.9 Å². The van der Waals surface area contributed by atoms with Crippen LogP contribution in [0.25, 0.3) is 5.69 Å². The Bertz CT molecular complexity index is 1460. The first-order valence-corrected chi connectivity index (χ1v) is 14.7. The van der Waals surface area contributed by atoms with Gasteiger partial charge in [-0.25, -0.2) is 13.2 Å². The number of hydrogen-bond donors (Lipinski definition) is 1. The number of nitrogens with zero attached hydrogens (tertiary/aromatic N) is 2. The molecule has 0 fully saturated rings. The van der Waals surface area contributed by atoms with Crippen molar-refractivity contribution in [3.63, 3.8) is 0 Å². The van der Waals surface area contributed by atoms with Crippen LogP contribution in [0.4, 0.5) is 5.82 Å². The number of imidazole rings is 1. The quantitative estimate of drug-likeness (QED) is 0.330. The molecule has 1 aromatic rings.